The summed E-state index contributed by atoms with van der Waals surface area (Å²) in [6.45, 7) is 1.44. The third-order valence-corrected chi connectivity index (χ3v) is 8.91. The van der Waals surface area contributed by atoms with Crippen molar-refractivity contribution in [3.05, 3.63) is 89.7 Å². The van der Waals surface area contributed by atoms with Crippen LogP contribution in [0, 0.1) is 5.82 Å². The third-order valence-electron chi connectivity index (χ3n) is 7.66. The lowest BCUT2D eigenvalue weighted by Crippen LogP contribution is -2.43. The van der Waals surface area contributed by atoms with Crippen LogP contribution >= 0.6 is 11.8 Å². The Kier molecular flexibility index (Phi) is 6.62. The molecule has 1 aromatic heterocycles. The van der Waals surface area contributed by atoms with Gasteiger partial charge >= 0.3 is 0 Å². The highest BCUT2D eigenvalue weighted by Crippen LogP contribution is 2.50. The standard InChI is InChI=1S/C31H27FN4O4S/c32-22-9-11-23(12-10-22)36-31-28(29(33-36)20-6-2-1-3-7-20)30(21-8-13-24-25(16-21)40-19-39-24)41-18-27(38)35(31)17-26(37)34-14-4-5-15-34/h1-3,6-13,16,30H,4-5,14-15,17-19H2. The summed E-state index contributed by atoms with van der Waals surface area (Å²) in [7, 11) is 0. The fourth-order valence-electron chi connectivity index (χ4n) is 5.63. The van der Waals surface area contributed by atoms with E-state index in [9.17, 15) is 14.0 Å². The number of likely N-dealkylation sites (tertiary alicyclic amines) is 1. The van der Waals surface area contributed by atoms with Crippen molar-refractivity contribution in [3.63, 3.8) is 0 Å². The molecule has 7 rings (SSSR count). The average molecular weight is 571 g/mol. The Morgan fingerprint density at radius 2 is 1.73 bits per heavy atom. The summed E-state index contributed by atoms with van der Waals surface area (Å²) in [6, 6.07) is 21.6. The molecule has 1 saturated heterocycles. The number of rotatable bonds is 5. The van der Waals surface area contributed by atoms with Crippen molar-refractivity contribution in [2.24, 2.45) is 0 Å². The number of hydrogen-bond donors (Lipinski definition) is 0. The SMILES string of the molecule is O=C(CN1C(=O)CSC(c2ccc3c(c2)OCO3)c2c(-c3ccccc3)nn(-c3ccc(F)cc3)c21)N1CCCC1. The smallest absolute Gasteiger partial charge is 0.242 e. The largest absolute Gasteiger partial charge is 0.454 e. The lowest BCUT2D eigenvalue weighted by atomic mass is 9.99. The Bertz CT molecular complexity index is 1620. The summed E-state index contributed by atoms with van der Waals surface area (Å²) in [5.74, 6) is 1.34. The van der Waals surface area contributed by atoms with E-state index in [1.54, 1.807) is 21.7 Å². The number of ether oxygens (including phenoxy) is 2. The van der Waals surface area contributed by atoms with Crippen LogP contribution in [-0.4, -0.2) is 58.7 Å². The Morgan fingerprint density at radius 1 is 0.976 bits per heavy atom. The van der Waals surface area contributed by atoms with Gasteiger partial charge in [0.1, 0.15) is 18.2 Å². The monoisotopic (exact) mass is 570 g/mol. The van der Waals surface area contributed by atoms with Crippen LogP contribution in [-0.2, 0) is 9.59 Å². The number of hydrogen-bond acceptors (Lipinski definition) is 6. The van der Waals surface area contributed by atoms with Crippen LogP contribution in [0.1, 0.15) is 29.2 Å². The molecule has 3 aliphatic heterocycles. The van der Waals surface area contributed by atoms with Gasteiger partial charge in [0.15, 0.2) is 11.5 Å². The van der Waals surface area contributed by atoms with Gasteiger partial charge in [-0.2, -0.15) is 5.10 Å². The molecule has 41 heavy (non-hydrogen) atoms. The molecular formula is C31H27FN4O4S. The fourth-order valence-corrected chi connectivity index (χ4v) is 6.82. The van der Waals surface area contributed by atoms with E-state index in [2.05, 4.69) is 0 Å². The highest BCUT2D eigenvalue weighted by molar-refractivity contribution is 8.00. The Balaban J connectivity index is 1.46. The molecule has 0 N–H and O–H groups in total. The molecule has 0 radical (unpaired) electrons. The van der Waals surface area contributed by atoms with Crippen LogP contribution in [0.25, 0.3) is 16.9 Å². The number of benzene rings is 3. The van der Waals surface area contributed by atoms with Crippen LogP contribution in [0.2, 0.25) is 0 Å². The van der Waals surface area contributed by atoms with Crippen molar-refractivity contribution in [1.82, 2.24) is 14.7 Å². The zero-order valence-electron chi connectivity index (χ0n) is 22.2. The molecule has 208 valence electrons. The molecule has 10 heteroatoms. The summed E-state index contributed by atoms with van der Waals surface area (Å²) in [6.07, 6.45) is 1.91. The molecule has 2 amide bonds. The van der Waals surface area contributed by atoms with E-state index in [1.807, 2.05) is 53.4 Å². The quantitative estimate of drug-likeness (QED) is 0.328. The van der Waals surface area contributed by atoms with Crippen LogP contribution < -0.4 is 14.4 Å². The second-order valence-corrected chi connectivity index (χ2v) is 11.3. The molecule has 1 fully saturated rings. The predicted molar refractivity (Wildman–Crippen MR) is 154 cm³/mol. The van der Waals surface area contributed by atoms with E-state index in [4.69, 9.17) is 14.6 Å². The van der Waals surface area contributed by atoms with Gasteiger partial charge in [0.25, 0.3) is 0 Å². The van der Waals surface area contributed by atoms with E-state index >= 15 is 0 Å². The summed E-state index contributed by atoms with van der Waals surface area (Å²) >= 11 is 1.49. The number of halogens is 1. The van der Waals surface area contributed by atoms with E-state index < -0.39 is 0 Å². The maximum Gasteiger partial charge on any atom is 0.242 e. The Hall–Kier alpha value is -4.31. The van der Waals surface area contributed by atoms with Crippen molar-refractivity contribution >= 4 is 29.4 Å². The molecule has 3 aromatic carbocycles. The average Bonchev–Trinajstić information content (AvgIpc) is 3.76. The topological polar surface area (TPSA) is 76.9 Å². The summed E-state index contributed by atoms with van der Waals surface area (Å²) in [5.41, 5.74) is 3.89. The minimum atomic E-state index is -0.374. The Morgan fingerprint density at radius 3 is 2.51 bits per heavy atom. The molecule has 0 saturated carbocycles. The number of carbonyl (C=O) groups is 2. The highest BCUT2D eigenvalue weighted by Gasteiger charge is 2.39. The Labute approximate surface area is 240 Å². The normalized spacial score (nSPS) is 18.0. The van der Waals surface area contributed by atoms with Crippen molar-refractivity contribution in [1.29, 1.82) is 0 Å². The lowest BCUT2D eigenvalue weighted by molar-refractivity contribution is -0.130. The first kappa shape index (κ1) is 25.6. The number of thioether (sulfide) groups is 1. The number of anilines is 1. The molecule has 1 unspecified atom stereocenters. The molecule has 0 aliphatic carbocycles. The number of aromatic nitrogens is 2. The number of carbonyl (C=O) groups excluding carboxylic acids is 2. The second-order valence-electron chi connectivity index (χ2n) is 10.2. The first-order chi connectivity index (χ1) is 20.1. The zero-order chi connectivity index (χ0) is 27.9. The fraction of sp³-hybridized carbons (Fsp3) is 0.258. The van der Waals surface area contributed by atoms with Gasteiger partial charge in [-0.25, -0.2) is 9.07 Å². The van der Waals surface area contributed by atoms with Gasteiger partial charge in [-0.05, 0) is 54.8 Å². The molecule has 1 atom stereocenters. The van der Waals surface area contributed by atoms with Crippen molar-refractivity contribution in [2.45, 2.75) is 18.1 Å². The van der Waals surface area contributed by atoms with E-state index in [0.29, 0.717) is 41.8 Å². The van der Waals surface area contributed by atoms with Gasteiger partial charge in [-0.15, -0.1) is 11.8 Å². The van der Waals surface area contributed by atoms with Crippen molar-refractivity contribution in [2.75, 3.05) is 37.1 Å². The maximum atomic E-state index is 14.0. The summed E-state index contributed by atoms with van der Waals surface area (Å²) in [4.78, 5) is 30.7. The van der Waals surface area contributed by atoms with Crippen LogP contribution in [0.3, 0.4) is 0 Å². The minimum absolute atomic E-state index is 0.0959. The van der Waals surface area contributed by atoms with Gasteiger partial charge in [0.05, 0.1) is 22.4 Å². The molecule has 3 aliphatic rings. The van der Waals surface area contributed by atoms with Crippen LogP contribution in [0.4, 0.5) is 10.2 Å². The predicted octanol–water partition coefficient (Wildman–Crippen LogP) is 5.20. The van der Waals surface area contributed by atoms with Gasteiger partial charge < -0.3 is 14.4 Å². The van der Waals surface area contributed by atoms with Crippen LogP contribution in [0.5, 0.6) is 11.5 Å². The third kappa shape index (κ3) is 4.72. The number of nitrogens with zero attached hydrogens (tertiary/aromatic N) is 4. The molecule has 0 bridgehead atoms. The molecule has 4 aromatic rings. The van der Waals surface area contributed by atoms with E-state index in [0.717, 1.165) is 29.5 Å². The van der Waals surface area contributed by atoms with Crippen molar-refractivity contribution in [3.8, 4) is 28.4 Å². The molecule has 4 heterocycles. The number of amides is 2. The summed E-state index contributed by atoms with van der Waals surface area (Å²) < 4.78 is 26.9. The number of fused-ring (bicyclic) bond motifs is 2. The minimum Gasteiger partial charge on any atom is -0.454 e. The second kappa shape index (κ2) is 10.6. The van der Waals surface area contributed by atoms with Gasteiger partial charge in [0, 0.05) is 24.2 Å². The molecule has 0 spiro atoms. The van der Waals surface area contributed by atoms with Crippen LogP contribution in [0.15, 0.2) is 72.8 Å². The first-order valence-electron chi connectivity index (χ1n) is 13.6. The zero-order valence-corrected chi connectivity index (χ0v) is 23.0. The van der Waals surface area contributed by atoms with Gasteiger partial charge in [-0.3, -0.25) is 14.5 Å². The first-order valence-corrected chi connectivity index (χ1v) is 14.7. The van der Waals surface area contributed by atoms with Crippen molar-refractivity contribution < 1.29 is 23.5 Å². The molecule has 8 nitrogen and oxygen atoms in total. The van der Waals surface area contributed by atoms with Gasteiger partial charge in [0.2, 0.25) is 18.6 Å². The van der Waals surface area contributed by atoms with E-state index in [1.165, 1.54) is 23.9 Å². The highest BCUT2D eigenvalue weighted by atomic mass is 32.2. The van der Waals surface area contributed by atoms with Gasteiger partial charge in [-0.1, -0.05) is 36.4 Å². The maximum absolute atomic E-state index is 14.0. The summed E-state index contributed by atoms with van der Waals surface area (Å²) in [5, 5.41) is 4.74. The molecular weight excluding hydrogens is 543 g/mol. The lowest BCUT2D eigenvalue weighted by Gasteiger charge is -2.25. The van der Waals surface area contributed by atoms with E-state index in [-0.39, 0.29) is 42.0 Å².